The number of hydrogen-bond acceptors (Lipinski definition) is 7. The van der Waals surface area contributed by atoms with Crippen LogP contribution in [-0.4, -0.2) is 31.7 Å². The molecule has 0 fully saturated rings. The molecule has 4 aromatic rings. The number of nitrogens with zero attached hydrogens (tertiary/aromatic N) is 4. The number of methoxy groups -OCH3 is 1. The number of benzene rings is 2. The Morgan fingerprint density at radius 2 is 1.86 bits per heavy atom. The molecule has 1 N–H and O–H groups in total. The van der Waals surface area contributed by atoms with Gasteiger partial charge in [-0.15, -0.1) is 0 Å². The molecule has 0 spiro atoms. The summed E-state index contributed by atoms with van der Waals surface area (Å²) in [5, 5.41) is 10.7. The summed E-state index contributed by atoms with van der Waals surface area (Å²) in [6.07, 6.45) is 1.58. The van der Waals surface area contributed by atoms with Gasteiger partial charge in [-0.05, 0) is 63.6 Å². The highest BCUT2D eigenvalue weighted by Crippen LogP contribution is 2.28. The lowest BCUT2D eigenvalue weighted by Crippen LogP contribution is -2.25. The van der Waals surface area contributed by atoms with Crippen molar-refractivity contribution >= 4 is 11.6 Å². The van der Waals surface area contributed by atoms with Crippen LogP contribution in [0.15, 0.2) is 59.5 Å². The van der Waals surface area contributed by atoms with E-state index in [1.54, 1.807) is 65.3 Å². The minimum absolute atomic E-state index is 0.238. The van der Waals surface area contributed by atoms with E-state index in [1.165, 1.54) is 4.57 Å². The van der Waals surface area contributed by atoms with Gasteiger partial charge in [-0.3, -0.25) is 9.36 Å². The zero-order valence-corrected chi connectivity index (χ0v) is 21.5. The molecule has 2 aromatic carbocycles. The zero-order chi connectivity index (χ0) is 26.0. The van der Waals surface area contributed by atoms with E-state index in [2.05, 4.69) is 15.0 Å². The van der Waals surface area contributed by atoms with E-state index >= 15 is 0 Å². The van der Waals surface area contributed by atoms with Crippen LogP contribution in [0.1, 0.15) is 36.6 Å². The highest BCUT2D eigenvalue weighted by Gasteiger charge is 2.21. The minimum atomic E-state index is -1.19. The van der Waals surface area contributed by atoms with E-state index in [-0.39, 0.29) is 18.0 Å². The van der Waals surface area contributed by atoms with Crippen molar-refractivity contribution < 1.29 is 14.6 Å². The van der Waals surface area contributed by atoms with Crippen LogP contribution < -0.4 is 15.0 Å². The fourth-order valence-corrected chi connectivity index (χ4v) is 3.88. The number of aromatic nitrogens is 4. The van der Waals surface area contributed by atoms with E-state index in [0.717, 1.165) is 11.3 Å². The summed E-state index contributed by atoms with van der Waals surface area (Å²) in [7, 11) is 1.60. The molecule has 0 unspecified atom stereocenters. The van der Waals surface area contributed by atoms with Crippen molar-refractivity contribution in [3.8, 4) is 28.6 Å². The molecule has 8 nitrogen and oxygen atoms in total. The highest BCUT2D eigenvalue weighted by molar-refractivity contribution is 6.32. The second-order valence-electron chi connectivity index (χ2n) is 8.86. The van der Waals surface area contributed by atoms with E-state index < -0.39 is 5.60 Å². The van der Waals surface area contributed by atoms with Crippen molar-refractivity contribution in [1.82, 2.24) is 19.5 Å². The van der Waals surface area contributed by atoms with Crippen LogP contribution >= 0.6 is 11.6 Å². The molecular weight excluding hydrogens is 480 g/mol. The van der Waals surface area contributed by atoms with Gasteiger partial charge in [0.05, 0.1) is 29.1 Å². The first-order chi connectivity index (χ1) is 17.1. The molecule has 0 aliphatic rings. The molecule has 0 bridgehead atoms. The third-order valence-corrected chi connectivity index (χ3v) is 5.95. The second kappa shape index (κ2) is 10.1. The summed E-state index contributed by atoms with van der Waals surface area (Å²) in [5.41, 5.74) is 1.54. The van der Waals surface area contributed by atoms with Crippen molar-refractivity contribution in [3.05, 3.63) is 92.9 Å². The van der Waals surface area contributed by atoms with Crippen LogP contribution in [0.3, 0.4) is 0 Å². The van der Waals surface area contributed by atoms with Crippen molar-refractivity contribution in [1.29, 1.82) is 0 Å². The number of hydrogen-bond donors (Lipinski definition) is 1. The first-order valence-electron chi connectivity index (χ1n) is 11.3. The van der Waals surface area contributed by atoms with Crippen molar-refractivity contribution in [2.75, 3.05) is 7.11 Å². The first kappa shape index (κ1) is 25.3. The molecule has 0 aliphatic carbocycles. The topological polar surface area (TPSA) is 99.4 Å². The molecule has 0 amide bonds. The summed E-state index contributed by atoms with van der Waals surface area (Å²) in [4.78, 5) is 26.6. The van der Waals surface area contributed by atoms with Crippen LogP contribution in [0.25, 0.3) is 16.9 Å². The standard InChI is InChI=1S/C27H27ClN4O4/c1-16-24(36-15-18-7-6-8-20(13-18)35-5)30-17(2)32(25(16)33)23-14-19(9-10-21(23)28)22-11-12-29-26(31-22)27(3,4)34/h6-14,34H,15H2,1-5H3. The molecule has 4 rings (SSSR count). The maximum Gasteiger partial charge on any atom is 0.264 e. The van der Waals surface area contributed by atoms with Crippen LogP contribution in [0.4, 0.5) is 0 Å². The Bertz CT molecular complexity index is 1480. The van der Waals surface area contributed by atoms with Gasteiger partial charge in [-0.2, -0.15) is 4.98 Å². The van der Waals surface area contributed by atoms with Gasteiger partial charge in [-0.1, -0.05) is 29.8 Å². The van der Waals surface area contributed by atoms with Gasteiger partial charge in [0, 0.05) is 11.8 Å². The van der Waals surface area contributed by atoms with Gasteiger partial charge in [0.25, 0.3) is 5.56 Å². The summed E-state index contributed by atoms with van der Waals surface area (Å²) in [6, 6.07) is 14.5. The van der Waals surface area contributed by atoms with E-state index in [0.29, 0.717) is 39.2 Å². The van der Waals surface area contributed by atoms with Crippen molar-refractivity contribution in [2.45, 2.75) is 39.9 Å². The Morgan fingerprint density at radius 3 is 2.58 bits per heavy atom. The van der Waals surface area contributed by atoms with Gasteiger partial charge in [0.2, 0.25) is 5.88 Å². The summed E-state index contributed by atoms with van der Waals surface area (Å²) >= 11 is 6.52. The van der Waals surface area contributed by atoms with Crippen molar-refractivity contribution in [2.24, 2.45) is 0 Å². The molecule has 0 aliphatic heterocycles. The van der Waals surface area contributed by atoms with Crippen molar-refractivity contribution in [3.63, 3.8) is 0 Å². The van der Waals surface area contributed by atoms with E-state index in [1.807, 2.05) is 24.3 Å². The predicted octanol–water partition coefficient (Wildman–Crippen LogP) is 4.77. The summed E-state index contributed by atoms with van der Waals surface area (Å²) < 4.78 is 12.6. The van der Waals surface area contributed by atoms with Crippen LogP contribution in [-0.2, 0) is 12.2 Å². The maximum absolute atomic E-state index is 13.4. The largest absolute Gasteiger partial charge is 0.497 e. The number of aryl methyl sites for hydroxylation is 1. The van der Waals surface area contributed by atoms with Crippen LogP contribution in [0.2, 0.25) is 5.02 Å². The van der Waals surface area contributed by atoms with Crippen LogP contribution in [0.5, 0.6) is 11.6 Å². The predicted molar refractivity (Wildman–Crippen MR) is 138 cm³/mol. The molecule has 186 valence electrons. The molecule has 0 radical (unpaired) electrons. The summed E-state index contributed by atoms with van der Waals surface area (Å²) in [5.74, 6) is 1.69. The Kier molecular flexibility index (Phi) is 7.10. The third kappa shape index (κ3) is 5.24. The minimum Gasteiger partial charge on any atom is -0.497 e. The van der Waals surface area contributed by atoms with E-state index in [9.17, 15) is 9.90 Å². The zero-order valence-electron chi connectivity index (χ0n) is 20.7. The Morgan fingerprint density at radius 1 is 1.08 bits per heavy atom. The molecule has 0 saturated heterocycles. The SMILES string of the molecule is COc1cccc(COc2nc(C)n(-c3cc(-c4ccnc(C(C)(C)O)n4)ccc3Cl)c(=O)c2C)c1. The first-order valence-corrected chi connectivity index (χ1v) is 11.7. The molecule has 0 saturated carbocycles. The fourth-order valence-electron chi connectivity index (χ4n) is 3.68. The van der Waals surface area contributed by atoms with E-state index in [4.69, 9.17) is 21.1 Å². The van der Waals surface area contributed by atoms with Gasteiger partial charge in [0.1, 0.15) is 23.8 Å². The monoisotopic (exact) mass is 506 g/mol. The average Bonchev–Trinajstić information content (AvgIpc) is 2.86. The van der Waals surface area contributed by atoms with Gasteiger partial charge in [-0.25, -0.2) is 9.97 Å². The molecule has 9 heteroatoms. The molecule has 0 atom stereocenters. The number of rotatable bonds is 7. The molecule has 2 heterocycles. The van der Waals surface area contributed by atoms with Crippen LogP contribution in [0, 0.1) is 13.8 Å². The van der Waals surface area contributed by atoms with Gasteiger partial charge < -0.3 is 14.6 Å². The quantitative estimate of drug-likeness (QED) is 0.385. The molecular formula is C27H27ClN4O4. The third-order valence-electron chi connectivity index (χ3n) is 5.63. The number of aliphatic hydroxyl groups is 1. The highest BCUT2D eigenvalue weighted by atomic mass is 35.5. The lowest BCUT2D eigenvalue weighted by atomic mass is 10.1. The lowest BCUT2D eigenvalue weighted by molar-refractivity contribution is 0.0688. The maximum atomic E-state index is 13.4. The van der Waals surface area contributed by atoms with Gasteiger partial charge >= 0.3 is 0 Å². The lowest BCUT2D eigenvalue weighted by Gasteiger charge is -2.17. The normalized spacial score (nSPS) is 11.4. The number of halogens is 1. The Balaban J connectivity index is 1.71. The Hall–Kier alpha value is -3.75. The smallest absolute Gasteiger partial charge is 0.264 e. The summed E-state index contributed by atoms with van der Waals surface area (Å²) in [6.45, 7) is 6.87. The fraction of sp³-hybridized carbons (Fsp3) is 0.259. The average molecular weight is 507 g/mol. The molecule has 36 heavy (non-hydrogen) atoms. The second-order valence-corrected chi connectivity index (χ2v) is 9.27. The Labute approximate surface area is 214 Å². The number of ether oxygens (including phenoxy) is 2. The van der Waals surface area contributed by atoms with Gasteiger partial charge in [0.15, 0.2) is 5.82 Å². The molecule has 2 aromatic heterocycles.